The lowest BCUT2D eigenvalue weighted by Gasteiger charge is -2.35. The molecule has 1 aromatic rings. The van der Waals surface area contributed by atoms with Crippen LogP contribution in [0.2, 0.25) is 0 Å². The van der Waals surface area contributed by atoms with Crippen molar-refractivity contribution in [3.8, 4) is 5.75 Å². The number of nitrogens with one attached hydrogen (secondary N) is 2. The van der Waals surface area contributed by atoms with Crippen molar-refractivity contribution in [3.05, 3.63) is 23.8 Å². The molecule has 0 aromatic heterocycles. The number of anilines is 1. The maximum absolute atomic E-state index is 12.5. The van der Waals surface area contributed by atoms with Crippen molar-refractivity contribution in [2.75, 3.05) is 26.0 Å². The summed E-state index contributed by atoms with van der Waals surface area (Å²) in [6, 6.07) is 5.03. The quantitative estimate of drug-likeness (QED) is 0.744. The summed E-state index contributed by atoms with van der Waals surface area (Å²) in [4.78, 5) is 24.6. The first-order chi connectivity index (χ1) is 11.5. The Kier molecular flexibility index (Phi) is 6.20. The van der Waals surface area contributed by atoms with Gasteiger partial charge >= 0.3 is 0 Å². The third-order valence-corrected chi connectivity index (χ3v) is 4.86. The molecular weight excluding hydrogens is 306 g/mol. The summed E-state index contributed by atoms with van der Waals surface area (Å²) in [7, 11) is 3.09. The number of nitrogens with two attached hydrogens (primary N) is 1. The molecule has 1 aliphatic carbocycles. The lowest BCUT2D eigenvalue weighted by atomic mass is 9.71. The summed E-state index contributed by atoms with van der Waals surface area (Å²) in [5.41, 5.74) is 6.72. The summed E-state index contributed by atoms with van der Waals surface area (Å²) in [5, 5.41) is 5.45. The van der Waals surface area contributed by atoms with Gasteiger partial charge in [-0.3, -0.25) is 9.59 Å². The molecular formula is C18H27N3O3. The van der Waals surface area contributed by atoms with Gasteiger partial charge in [-0.15, -0.1) is 0 Å². The number of carbonyl (C=O) groups is 2. The molecule has 6 heteroatoms. The van der Waals surface area contributed by atoms with Crippen LogP contribution >= 0.6 is 0 Å². The minimum Gasteiger partial charge on any atom is -0.497 e. The van der Waals surface area contributed by atoms with Crippen molar-refractivity contribution >= 4 is 17.5 Å². The fraction of sp³-hybridized carbons (Fsp3) is 0.556. The number of rotatable bonds is 6. The molecule has 1 fully saturated rings. The van der Waals surface area contributed by atoms with E-state index in [9.17, 15) is 9.59 Å². The van der Waals surface area contributed by atoms with Gasteiger partial charge in [-0.1, -0.05) is 19.3 Å². The van der Waals surface area contributed by atoms with E-state index in [1.165, 1.54) is 13.5 Å². The third-order valence-electron chi connectivity index (χ3n) is 4.86. The Bertz CT molecular complexity index is 595. The molecule has 0 heterocycles. The van der Waals surface area contributed by atoms with Gasteiger partial charge in [-0.25, -0.2) is 0 Å². The molecule has 0 unspecified atom stereocenters. The molecule has 0 aliphatic heterocycles. The number of methoxy groups -OCH3 is 1. The number of amides is 2. The highest BCUT2D eigenvalue weighted by Gasteiger charge is 2.33. The lowest BCUT2D eigenvalue weighted by molar-refractivity contribution is -0.118. The van der Waals surface area contributed by atoms with Gasteiger partial charge in [-0.2, -0.15) is 0 Å². The van der Waals surface area contributed by atoms with E-state index in [1.807, 2.05) is 0 Å². The first-order valence-corrected chi connectivity index (χ1v) is 8.43. The molecule has 0 radical (unpaired) electrons. The lowest BCUT2D eigenvalue weighted by Crippen LogP contribution is -2.36. The average molecular weight is 333 g/mol. The second-order valence-electron chi connectivity index (χ2n) is 6.48. The maximum atomic E-state index is 12.5. The standard InChI is InChI=1S/C18H27N3O3/c1-20-17(23)14-10-13(24-2)6-7-15(14)21-16(22)11-18(12-19)8-4-3-5-9-18/h6-7,10H,3-5,8-9,11-12,19H2,1-2H3,(H,20,23)(H,21,22). The first kappa shape index (κ1) is 18.3. The first-order valence-electron chi connectivity index (χ1n) is 8.43. The van der Waals surface area contributed by atoms with E-state index in [2.05, 4.69) is 10.6 Å². The van der Waals surface area contributed by atoms with Gasteiger partial charge in [-0.05, 0) is 43.0 Å². The van der Waals surface area contributed by atoms with Crippen LogP contribution in [0.1, 0.15) is 48.9 Å². The van der Waals surface area contributed by atoms with Crippen molar-refractivity contribution in [2.24, 2.45) is 11.1 Å². The van der Waals surface area contributed by atoms with Crippen LogP contribution in [0, 0.1) is 5.41 Å². The summed E-state index contributed by atoms with van der Waals surface area (Å²) < 4.78 is 5.16. The van der Waals surface area contributed by atoms with Gasteiger partial charge in [0.25, 0.3) is 5.91 Å². The Balaban J connectivity index is 2.14. The van der Waals surface area contributed by atoms with Gasteiger partial charge < -0.3 is 21.1 Å². The second-order valence-corrected chi connectivity index (χ2v) is 6.48. The van der Waals surface area contributed by atoms with Gasteiger partial charge in [0, 0.05) is 13.5 Å². The molecule has 0 bridgehead atoms. The molecule has 2 rings (SSSR count). The van der Waals surface area contributed by atoms with Crippen LogP contribution in [0.3, 0.4) is 0 Å². The number of hydrogen-bond acceptors (Lipinski definition) is 4. The summed E-state index contributed by atoms with van der Waals surface area (Å²) in [5.74, 6) is 0.199. The van der Waals surface area contributed by atoms with Crippen LogP contribution in [-0.4, -0.2) is 32.5 Å². The smallest absolute Gasteiger partial charge is 0.253 e. The summed E-state index contributed by atoms with van der Waals surface area (Å²) >= 11 is 0. The predicted octanol–water partition coefficient (Wildman–Crippen LogP) is 2.29. The molecule has 0 saturated heterocycles. The minimum absolute atomic E-state index is 0.0994. The Morgan fingerprint density at radius 3 is 2.54 bits per heavy atom. The molecule has 132 valence electrons. The van der Waals surface area contributed by atoms with Crippen molar-refractivity contribution in [3.63, 3.8) is 0 Å². The van der Waals surface area contributed by atoms with E-state index in [0.717, 1.165) is 25.7 Å². The Morgan fingerprint density at radius 1 is 1.25 bits per heavy atom. The largest absolute Gasteiger partial charge is 0.497 e. The zero-order chi connectivity index (χ0) is 17.6. The molecule has 6 nitrogen and oxygen atoms in total. The topological polar surface area (TPSA) is 93.5 Å². The molecule has 2 amide bonds. The number of benzene rings is 1. The second kappa shape index (κ2) is 8.15. The molecule has 4 N–H and O–H groups in total. The number of carbonyl (C=O) groups excluding carboxylic acids is 2. The summed E-state index contributed by atoms with van der Waals surface area (Å²) in [6.07, 6.45) is 5.82. The van der Waals surface area contributed by atoms with Crippen molar-refractivity contribution in [1.82, 2.24) is 5.32 Å². The van der Waals surface area contributed by atoms with E-state index < -0.39 is 0 Å². The number of hydrogen-bond donors (Lipinski definition) is 3. The molecule has 1 aromatic carbocycles. The van der Waals surface area contributed by atoms with E-state index >= 15 is 0 Å². The fourth-order valence-corrected chi connectivity index (χ4v) is 3.37. The molecule has 24 heavy (non-hydrogen) atoms. The summed E-state index contributed by atoms with van der Waals surface area (Å²) in [6.45, 7) is 0.519. The van der Waals surface area contributed by atoms with Crippen molar-refractivity contribution in [2.45, 2.75) is 38.5 Å². The molecule has 0 atom stereocenters. The average Bonchev–Trinajstić information content (AvgIpc) is 2.62. The van der Waals surface area contributed by atoms with Crippen LogP contribution < -0.4 is 21.1 Å². The normalized spacial score (nSPS) is 16.3. The number of ether oxygens (including phenoxy) is 1. The zero-order valence-electron chi connectivity index (χ0n) is 14.5. The van der Waals surface area contributed by atoms with Crippen LogP contribution in [0.5, 0.6) is 5.75 Å². The SMILES string of the molecule is CNC(=O)c1cc(OC)ccc1NC(=O)CC1(CN)CCCCC1. The zero-order valence-corrected chi connectivity index (χ0v) is 14.5. The van der Waals surface area contributed by atoms with E-state index in [4.69, 9.17) is 10.5 Å². The van der Waals surface area contributed by atoms with E-state index in [-0.39, 0.29) is 17.2 Å². The van der Waals surface area contributed by atoms with Crippen molar-refractivity contribution < 1.29 is 14.3 Å². The Morgan fingerprint density at radius 2 is 1.96 bits per heavy atom. The Labute approximate surface area is 143 Å². The van der Waals surface area contributed by atoms with Crippen LogP contribution in [0.15, 0.2) is 18.2 Å². The van der Waals surface area contributed by atoms with Crippen LogP contribution in [0.25, 0.3) is 0 Å². The Hall–Kier alpha value is -2.08. The fourth-order valence-electron chi connectivity index (χ4n) is 3.37. The highest BCUT2D eigenvalue weighted by Crippen LogP contribution is 2.38. The van der Waals surface area contributed by atoms with Gasteiger partial charge in [0.2, 0.25) is 5.91 Å². The highest BCUT2D eigenvalue weighted by atomic mass is 16.5. The molecule has 0 spiro atoms. The molecule has 1 aliphatic rings. The van der Waals surface area contributed by atoms with Crippen LogP contribution in [-0.2, 0) is 4.79 Å². The van der Waals surface area contributed by atoms with Gasteiger partial charge in [0.05, 0.1) is 18.4 Å². The minimum atomic E-state index is -0.268. The van der Waals surface area contributed by atoms with Crippen molar-refractivity contribution in [1.29, 1.82) is 0 Å². The van der Waals surface area contributed by atoms with Gasteiger partial charge in [0.1, 0.15) is 5.75 Å². The van der Waals surface area contributed by atoms with Crippen LogP contribution in [0.4, 0.5) is 5.69 Å². The maximum Gasteiger partial charge on any atom is 0.253 e. The monoisotopic (exact) mass is 333 g/mol. The molecule has 1 saturated carbocycles. The van der Waals surface area contributed by atoms with Gasteiger partial charge in [0.15, 0.2) is 0 Å². The van der Waals surface area contributed by atoms with E-state index in [0.29, 0.717) is 30.0 Å². The van der Waals surface area contributed by atoms with E-state index in [1.54, 1.807) is 25.2 Å². The predicted molar refractivity (Wildman–Crippen MR) is 94.2 cm³/mol. The third kappa shape index (κ3) is 4.26. The highest BCUT2D eigenvalue weighted by molar-refractivity contribution is 6.04.